The third-order valence-electron chi connectivity index (χ3n) is 3.54. The number of fused-ring (bicyclic) bond motifs is 1. The summed E-state index contributed by atoms with van der Waals surface area (Å²) in [6.07, 6.45) is 0. The van der Waals surface area contributed by atoms with E-state index < -0.39 is 29.7 Å². The lowest BCUT2D eigenvalue weighted by Gasteiger charge is -2.26. The molecule has 0 aromatic heterocycles. The van der Waals surface area contributed by atoms with Gasteiger partial charge in [-0.2, -0.15) is 0 Å². The number of hydrogen-bond donors (Lipinski definition) is 0. The molecular formula is C15H16N2O5. The van der Waals surface area contributed by atoms with Crippen molar-refractivity contribution in [2.75, 3.05) is 20.7 Å². The molecule has 7 heteroatoms. The zero-order chi connectivity index (χ0) is 16.4. The van der Waals surface area contributed by atoms with Crippen LogP contribution >= 0.6 is 0 Å². The molecular weight excluding hydrogens is 288 g/mol. The summed E-state index contributed by atoms with van der Waals surface area (Å²) in [5.41, 5.74) is 0.561. The minimum absolute atomic E-state index is 0.247. The Balaban J connectivity index is 2.19. The summed E-state index contributed by atoms with van der Waals surface area (Å²) in [5.74, 6) is -2.11. The fourth-order valence-electron chi connectivity index (χ4n) is 2.33. The van der Waals surface area contributed by atoms with E-state index in [2.05, 4.69) is 4.74 Å². The molecule has 116 valence electrons. The predicted molar refractivity (Wildman–Crippen MR) is 76.1 cm³/mol. The van der Waals surface area contributed by atoms with Crippen LogP contribution in [0.15, 0.2) is 24.3 Å². The van der Waals surface area contributed by atoms with Gasteiger partial charge in [-0.25, -0.2) is 0 Å². The average Bonchev–Trinajstić information content (AvgIpc) is 2.77. The number of nitrogens with zero attached hydrogens (tertiary/aromatic N) is 2. The van der Waals surface area contributed by atoms with Crippen LogP contribution in [-0.2, 0) is 14.3 Å². The lowest BCUT2D eigenvalue weighted by atomic mass is 10.1. The van der Waals surface area contributed by atoms with E-state index in [1.165, 1.54) is 21.1 Å². The minimum atomic E-state index is -0.998. The Bertz CT molecular complexity index is 620. The Morgan fingerprint density at radius 3 is 2.14 bits per heavy atom. The maximum atomic E-state index is 12.3. The van der Waals surface area contributed by atoms with E-state index in [0.29, 0.717) is 0 Å². The van der Waals surface area contributed by atoms with Crippen LogP contribution in [0.1, 0.15) is 27.6 Å². The number of ether oxygens (including phenoxy) is 1. The number of benzene rings is 1. The number of amides is 3. The van der Waals surface area contributed by atoms with E-state index in [0.717, 1.165) is 9.80 Å². The van der Waals surface area contributed by atoms with Crippen molar-refractivity contribution in [3.8, 4) is 0 Å². The van der Waals surface area contributed by atoms with Crippen LogP contribution in [-0.4, -0.2) is 60.2 Å². The average molecular weight is 304 g/mol. The number of carbonyl (C=O) groups excluding carboxylic acids is 4. The molecule has 0 radical (unpaired) electrons. The molecule has 0 spiro atoms. The van der Waals surface area contributed by atoms with Crippen LogP contribution < -0.4 is 0 Å². The van der Waals surface area contributed by atoms with Crippen molar-refractivity contribution in [2.24, 2.45) is 0 Å². The van der Waals surface area contributed by atoms with Gasteiger partial charge in [0.1, 0.15) is 12.6 Å². The van der Waals surface area contributed by atoms with Gasteiger partial charge in [-0.15, -0.1) is 0 Å². The second-order valence-electron chi connectivity index (χ2n) is 4.97. The lowest BCUT2D eigenvalue weighted by Crippen LogP contribution is -2.49. The number of likely N-dealkylation sites (N-methyl/N-ethyl adjacent to an activating group) is 1. The Labute approximate surface area is 127 Å². The third kappa shape index (κ3) is 2.57. The molecule has 3 amide bonds. The van der Waals surface area contributed by atoms with E-state index in [-0.39, 0.29) is 17.7 Å². The summed E-state index contributed by atoms with van der Waals surface area (Å²) in [5, 5.41) is 0. The summed E-state index contributed by atoms with van der Waals surface area (Å²) in [7, 11) is 2.63. The number of rotatable bonds is 4. The van der Waals surface area contributed by atoms with Crippen molar-refractivity contribution in [2.45, 2.75) is 13.0 Å². The molecule has 2 rings (SSSR count). The SMILES string of the molecule is COC(=O)CN(C)C(=O)C(C)N1C(=O)c2ccccc2C1=O. The summed E-state index contributed by atoms with van der Waals surface area (Å²) in [6, 6.07) is 5.41. The number of methoxy groups -OCH3 is 1. The smallest absolute Gasteiger partial charge is 0.325 e. The van der Waals surface area contributed by atoms with E-state index in [4.69, 9.17) is 0 Å². The van der Waals surface area contributed by atoms with E-state index in [9.17, 15) is 19.2 Å². The fourth-order valence-corrected chi connectivity index (χ4v) is 2.33. The van der Waals surface area contributed by atoms with Crippen molar-refractivity contribution in [1.82, 2.24) is 9.80 Å². The highest BCUT2D eigenvalue weighted by Gasteiger charge is 2.41. The summed E-state index contributed by atoms with van der Waals surface area (Å²) in [4.78, 5) is 50.1. The summed E-state index contributed by atoms with van der Waals surface area (Å²) >= 11 is 0. The highest BCUT2D eigenvalue weighted by molar-refractivity contribution is 6.22. The van der Waals surface area contributed by atoms with Crippen LogP contribution in [0.2, 0.25) is 0 Å². The van der Waals surface area contributed by atoms with Gasteiger partial charge in [-0.05, 0) is 19.1 Å². The van der Waals surface area contributed by atoms with Gasteiger partial charge in [0.2, 0.25) is 5.91 Å². The van der Waals surface area contributed by atoms with Gasteiger partial charge in [-0.1, -0.05) is 12.1 Å². The highest BCUT2D eigenvalue weighted by atomic mass is 16.5. The van der Waals surface area contributed by atoms with Gasteiger partial charge in [0.05, 0.1) is 18.2 Å². The van der Waals surface area contributed by atoms with Crippen molar-refractivity contribution < 1.29 is 23.9 Å². The Hall–Kier alpha value is -2.70. The highest BCUT2D eigenvalue weighted by Crippen LogP contribution is 2.24. The summed E-state index contributed by atoms with van der Waals surface area (Å²) < 4.78 is 4.49. The molecule has 1 aromatic carbocycles. The number of hydrogen-bond acceptors (Lipinski definition) is 5. The first kappa shape index (κ1) is 15.7. The number of imide groups is 1. The van der Waals surface area contributed by atoms with Crippen molar-refractivity contribution in [3.63, 3.8) is 0 Å². The van der Waals surface area contributed by atoms with Gasteiger partial charge >= 0.3 is 5.97 Å². The predicted octanol–water partition coefficient (Wildman–Crippen LogP) is 0.302. The van der Waals surface area contributed by atoms with Crippen molar-refractivity contribution >= 4 is 23.7 Å². The van der Waals surface area contributed by atoms with Crippen LogP contribution in [0.5, 0.6) is 0 Å². The molecule has 0 bridgehead atoms. The molecule has 0 saturated carbocycles. The van der Waals surface area contributed by atoms with Crippen molar-refractivity contribution in [3.05, 3.63) is 35.4 Å². The van der Waals surface area contributed by atoms with E-state index in [1.54, 1.807) is 24.3 Å². The Morgan fingerprint density at radius 1 is 1.18 bits per heavy atom. The molecule has 0 N–H and O–H groups in total. The Morgan fingerprint density at radius 2 is 1.68 bits per heavy atom. The maximum absolute atomic E-state index is 12.3. The zero-order valence-electron chi connectivity index (χ0n) is 12.5. The molecule has 0 fully saturated rings. The first-order valence-electron chi connectivity index (χ1n) is 6.67. The first-order valence-corrected chi connectivity index (χ1v) is 6.67. The molecule has 0 saturated heterocycles. The van der Waals surface area contributed by atoms with E-state index >= 15 is 0 Å². The first-order chi connectivity index (χ1) is 10.4. The van der Waals surface area contributed by atoms with Crippen molar-refractivity contribution in [1.29, 1.82) is 0 Å². The second-order valence-corrected chi connectivity index (χ2v) is 4.97. The molecule has 1 aliphatic rings. The topological polar surface area (TPSA) is 84.0 Å². The zero-order valence-corrected chi connectivity index (χ0v) is 12.5. The molecule has 1 atom stereocenters. The molecule has 0 aliphatic carbocycles. The third-order valence-corrected chi connectivity index (χ3v) is 3.54. The maximum Gasteiger partial charge on any atom is 0.325 e. The van der Waals surface area contributed by atoms with Crippen LogP contribution in [0.3, 0.4) is 0 Å². The number of carbonyl (C=O) groups is 4. The molecule has 1 heterocycles. The summed E-state index contributed by atoms with van der Waals surface area (Å²) in [6.45, 7) is 1.21. The van der Waals surface area contributed by atoms with Gasteiger partial charge in [0, 0.05) is 7.05 Å². The minimum Gasteiger partial charge on any atom is -0.468 e. The molecule has 1 aliphatic heterocycles. The van der Waals surface area contributed by atoms with Gasteiger partial charge in [-0.3, -0.25) is 24.1 Å². The monoisotopic (exact) mass is 304 g/mol. The normalized spacial score (nSPS) is 14.6. The van der Waals surface area contributed by atoms with Crippen LogP contribution in [0, 0.1) is 0 Å². The number of esters is 1. The van der Waals surface area contributed by atoms with Crippen LogP contribution in [0.4, 0.5) is 0 Å². The molecule has 1 aromatic rings. The second kappa shape index (κ2) is 5.97. The van der Waals surface area contributed by atoms with Gasteiger partial charge in [0.25, 0.3) is 11.8 Å². The standard InChI is InChI=1S/C15H16N2O5/c1-9(13(19)16(2)8-12(18)22-3)17-14(20)10-6-4-5-7-11(10)15(17)21/h4-7,9H,8H2,1-3H3. The van der Waals surface area contributed by atoms with E-state index in [1.807, 2.05) is 0 Å². The molecule has 7 nitrogen and oxygen atoms in total. The fraction of sp³-hybridized carbons (Fsp3) is 0.333. The largest absolute Gasteiger partial charge is 0.468 e. The molecule has 22 heavy (non-hydrogen) atoms. The van der Waals surface area contributed by atoms with Gasteiger partial charge < -0.3 is 9.64 Å². The lowest BCUT2D eigenvalue weighted by molar-refractivity contribution is -0.147. The Kier molecular flexibility index (Phi) is 4.25. The van der Waals surface area contributed by atoms with Gasteiger partial charge in [0.15, 0.2) is 0 Å². The van der Waals surface area contributed by atoms with Crippen LogP contribution in [0.25, 0.3) is 0 Å². The molecule has 1 unspecified atom stereocenters. The quantitative estimate of drug-likeness (QED) is 0.590.